The molecule has 2 aromatic heterocycles. The van der Waals surface area contributed by atoms with Crippen molar-refractivity contribution in [3.63, 3.8) is 0 Å². The molecule has 10 heteroatoms. The number of hydrogen-bond acceptors (Lipinski definition) is 8. The summed E-state index contributed by atoms with van der Waals surface area (Å²) in [5, 5.41) is 13.9. The first kappa shape index (κ1) is 23.3. The Morgan fingerprint density at radius 1 is 1.12 bits per heavy atom. The smallest absolute Gasteiger partial charge is 0.316 e. The second kappa shape index (κ2) is 11.3. The van der Waals surface area contributed by atoms with E-state index >= 15 is 0 Å². The number of benzene rings is 1. The molecule has 0 radical (unpaired) electrons. The number of carbonyl (C=O) groups is 2. The molecule has 1 aliphatic rings. The molecule has 0 spiro atoms. The number of piperidine rings is 1. The quantitative estimate of drug-likeness (QED) is 0.357. The third-order valence-corrected chi connectivity index (χ3v) is 7.14. The van der Waals surface area contributed by atoms with Crippen molar-refractivity contribution in [3.8, 4) is 10.7 Å². The van der Waals surface area contributed by atoms with Crippen LogP contribution in [0.4, 0.5) is 11.4 Å². The Labute approximate surface area is 201 Å². The molecule has 0 saturated carbocycles. The molecule has 8 nitrogen and oxygen atoms in total. The van der Waals surface area contributed by atoms with Gasteiger partial charge in [0.25, 0.3) is 5.91 Å². The molecule has 1 N–H and O–H groups in total. The molecule has 1 aliphatic heterocycles. The molecule has 1 amide bonds. The highest BCUT2D eigenvalue weighted by atomic mass is 32.2. The summed E-state index contributed by atoms with van der Waals surface area (Å²) < 4.78 is 7.10. The number of esters is 1. The van der Waals surface area contributed by atoms with E-state index in [4.69, 9.17) is 4.74 Å². The van der Waals surface area contributed by atoms with Crippen LogP contribution in [0.25, 0.3) is 10.7 Å². The molecule has 3 heterocycles. The first-order chi connectivity index (χ1) is 16.1. The molecule has 0 unspecified atom stereocenters. The maximum atomic E-state index is 12.2. The molecule has 0 aliphatic carbocycles. The van der Waals surface area contributed by atoms with Crippen LogP contribution in [0, 0.1) is 0 Å². The van der Waals surface area contributed by atoms with Crippen LogP contribution in [-0.2, 0) is 20.9 Å². The summed E-state index contributed by atoms with van der Waals surface area (Å²) in [5.41, 5.74) is 1.85. The van der Waals surface area contributed by atoms with Crippen LogP contribution in [0.15, 0.2) is 46.9 Å². The average molecular weight is 486 g/mol. The molecule has 3 aromatic rings. The van der Waals surface area contributed by atoms with Crippen LogP contribution in [-0.4, -0.2) is 52.1 Å². The van der Waals surface area contributed by atoms with Crippen LogP contribution in [0.1, 0.15) is 26.2 Å². The van der Waals surface area contributed by atoms with E-state index in [2.05, 4.69) is 20.4 Å². The highest BCUT2D eigenvalue weighted by Crippen LogP contribution is 2.27. The number of rotatable bonds is 9. The summed E-state index contributed by atoms with van der Waals surface area (Å²) >= 11 is 2.84. The molecule has 1 aromatic carbocycles. The van der Waals surface area contributed by atoms with Crippen LogP contribution >= 0.6 is 23.1 Å². The number of ether oxygens (including phenoxy) is 1. The predicted octanol–water partition coefficient (Wildman–Crippen LogP) is 4.29. The summed E-state index contributed by atoms with van der Waals surface area (Å²) in [7, 11) is 0. The highest BCUT2D eigenvalue weighted by Gasteiger charge is 2.16. The molecule has 4 rings (SSSR count). The number of nitrogens with zero attached hydrogens (tertiary/aromatic N) is 4. The van der Waals surface area contributed by atoms with E-state index in [0.717, 1.165) is 23.8 Å². The molecule has 174 valence electrons. The minimum absolute atomic E-state index is 0.0559. The van der Waals surface area contributed by atoms with Crippen molar-refractivity contribution in [1.29, 1.82) is 0 Å². The monoisotopic (exact) mass is 485 g/mol. The largest absolute Gasteiger partial charge is 0.455 e. The third-order valence-electron chi connectivity index (χ3n) is 5.33. The number of nitrogens with one attached hydrogen (secondary N) is 1. The van der Waals surface area contributed by atoms with E-state index in [1.165, 1.54) is 36.7 Å². The highest BCUT2D eigenvalue weighted by molar-refractivity contribution is 7.99. The maximum Gasteiger partial charge on any atom is 0.316 e. The number of thioether (sulfide) groups is 1. The molecule has 33 heavy (non-hydrogen) atoms. The molecule has 1 fully saturated rings. The number of hydrogen-bond donors (Lipinski definition) is 1. The zero-order valence-corrected chi connectivity index (χ0v) is 20.2. The van der Waals surface area contributed by atoms with Gasteiger partial charge in [0.05, 0.1) is 10.6 Å². The fraction of sp³-hybridized carbons (Fsp3) is 0.391. The number of carbonyl (C=O) groups excluding carboxylic acids is 2. The van der Waals surface area contributed by atoms with Crippen LogP contribution in [0.3, 0.4) is 0 Å². The van der Waals surface area contributed by atoms with E-state index < -0.39 is 5.97 Å². The molecular weight excluding hydrogens is 458 g/mol. The van der Waals surface area contributed by atoms with Crippen molar-refractivity contribution in [2.24, 2.45) is 0 Å². The molecule has 0 atom stereocenters. The Bertz CT molecular complexity index is 1060. The van der Waals surface area contributed by atoms with E-state index in [0.29, 0.717) is 17.4 Å². The van der Waals surface area contributed by atoms with Crippen molar-refractivity contribution in [1.82, 2.24) is 14.8 Å². The Kier molecular flexibility index (Phi) is 8.01. The predicted molar refractivity (Wildman–Crippen MR) is 132 cm³/mol. The second-order valence-electron chi connectivity index (χ2n) is 7.62. The lowest BCUT2D eigenvalue weighted by Crippen LogP contribution is -2.29. The van der Waals surface area contributed by atoms with Crippen LogP contribution < -0.4 is 10.2 Å². The maximum absolute atomic E-state index is 12.2. The lowest BCUT2D eigenvalue weighted by molar-refractivity contribution is -0.144. The van der Waals surface area contributed by atoms with E-state index in [1.807, 2.05) is 53.3 Å². The van der Waals surface area contributed by atoms with Crippen LogP contribution in [0.2, 0.25) is 0 Å². The zero-order valence-electron chi connectivity index (χ0n) is 18.5. The van der Waals surface area contributed by atoms with Crippen molar-refractivity contribution >= 4 is 46.3 Å². The summed E-state index contributed by atoms with van der Waals surface area (Å²) in [6.45, 7) is 4.52. The number of aromatic nitrogens is 3. The molecular formula is C23H27N5O3S2. The normalized spacial score (nSPS) is 13.7. The van der Waals surface area contributed by atoms with Gasteiger partial charge in [-0.15, -0.1) is 21.5 Å². The number of thiophene rings is 1. The van der Waals surface area contributed by atoms with Gasteiger partial charge in [0.15, 0.2) is 17.6 Å². The second-order valence-corrected chi connectivity index (χ2v) is 9.51. The zero-order chi connectivity index (χ0) is 23.0. The van der Waals surface area contributed by atoms with Crippen molar-refractivity contribution in [3.05, 3.63) is 41.8 Å². The lowest BCUT2D eigenvalue weighted by Gasteiger charge is -2.28. The van der Waals surface area contributed by atoms with Crippen molar-refractivity contribution < 1.29 is 14.3 Å². The fourth-order valence-electron chi connectivity index (χ4n) is 3.68. The van der Waals surface area contributed by atoms with Crippen molar-refractivity contribution in [2.45, 2.75) is 37.9 Å². The molecule has 0 bridgehead atoms. The van der Waals surface area contributed by atoms with Crippen molar-refractivity contribution in [2.75, 3.05) is 35.7 Å². The van der Waals surface area contributed by atoms with Gasteiger partial charge in [0.2, 0.25) is 0 Å². The van der Waals surface area contributed by atoms with E-state index in [9.17, 15) is 9.59 Å². The minimum atomic E-state index is -0.473. The van der Waals surface area contributed by atoms with E-state index in [-0.39, 0.29) is 18.3 Å². The summed E-state index contributed by atoms with van der Waals surface area (Å²) in [4.78, 5) is 27.7. The number of anilines is 2. The number of amides is 1. The SMILES string of the molecule is CCn1c(SCC(=O)OCC(=O)Nc2ccc(N3CCCCC3)cc2)nnc1-c1cccs1. The Morgan fingerprint density at radius 3 is 2.61 bits per heavy atom. The molecule has 1 saturated heterocycles. The van der Waals surface area contributed by atoms with Gasteiger partial charge < -0.3 is 19.5 Å². The first-order valence-electron chi connectivity index (χ1n) is 11.0. The van der Waals surface area contributed by atoms with Gasteiger partial charge in [-0.1, -0.05) is 17.8 Å². The standard InChI is InChI=1S/C23H27N5O3S2/c1-2-28-22(19-7-6-14-32-19)25-26-23(28)33-16-21(30)31-15-20(29)24-17-8-10-18(11-9-17)27-12-4-3-5-13-27/h6-11,14H,2-5,12-13,15-16H2,1H3,(H,24,29). The van der Waals surface area contributed by atoms with Gasteiger partial charge in [-0.05, 0) is 61.9 Å². The Morgan fingerprint density at radius 2 is 1.91 bits per heavy atom. The van der Waals surface area contributed by atoms with Gasteiger partial charge in [0.1, 0.15) is 0 Å². The first-order valence-corrected chi connectivity index (χ1v) is 12.9. The van der Waals surface area contributed by atoms with Gasteiger partial charge >= 0.3 is 5.97 Å². The lowest BCUT2D eigenvalue weighted by atomic mass is 10.1. The minimum Gasteiger partial charge on any atom is -0.455 e. The third kappa shape index (κ3) is 6.14. The summed E-state index contributed by atoms with van der Waals surface area (Å²) in [6.07, 6.45) is 3.72. The topological polar surface area (TPSA) is 89.4 Å². The van der Waals surface area contributed by atoms with Gasteiger partial charge in [-0.3, -0.25) is 9.59 Å². The summed E-state index contributed by atoms with van der Waals surface area (Å²) in [6, 6.07) is 11.7. The van der Waals surface area contributed by atoms with Gasteiger partial charge in [-0.2, -0.15) is 0 Å². The van der Waals surface area contributed by atoms with E-state index in [1.54, 1.807) is 11.3 Å². The van der Waals surface area contributed by atoms with Crippen LogP contribution in [0.5, 0.6) is 0 Å². The van der Waals surface area contributed by atoms with Gasteiger partial charge in [0, 0.05) is 31.0 Å². The Balaban J connectivity index is 1.22. The van der Waals surface area contributed by atoms with Gasteiger partial charge in [-0.25, -0.2) is 0 Å². The average Bonchev–Trinajstić information content (AvgIpc) is 3.52. The summed E-state index contributed by atoms with van der Waals surface area (Å²) in [5.74, 6) is 0.00386. The Hall–Kier alpha value is -2.85. The fourth-order valence-corrected chi connectivity index (χ4v) is 5.20.